The molecule has 4 rings (SSSR count). The van der Waals surface area contributed by atoms with E-state index in [0.717, 1.165) is 5.56 Å². The third-order valence-electron chi connectivity index (χ3n) is 4.58. The highest BCUT2D eigenvalue weighted by Gasteiger charge is 2.34. The van der Waals surface area contributed by atoms with Crippen molar-refractivity contribution in [3.05, 3.63) is 82.9 Å². The number of aliphatic imine (C=N–C) groups is 1. The van der Waals surface area contributed by atoms with Crippen LogP contribution in [0, 0.1) is 0 Å². The summed E-state index contributed by atoms with van der Waals surface area (Å²) >= 11 is 0. The number of Topliss-reactive ketones (excluding diaryl/α,β-unsaturated/α-hetero) is 1. The van der Waals surface area contributed by atoms with Gasteiger partial charge in [-0.2, -0.15) is 0 Å². The molecule has 0 bridgehead atoms. The number of rotatable bonds is 2. The molecule has 0 aliphatic carbocycles. The molecule has 0 spiro atoms. The van der Waals surface area contributed by atoms with Crippen LogP contribution in [-0.2, 0) is 9.53 Å². The molecule has 1 atom stereocenters. The van der Waals surface area contributed by atoms with Crippen LogP contribution in [0.25, 0.3) is 0 Å². The molecule has 130 valence electrons. The van der Waals surface area contributed by atoms with Crippen molar-refractivity contribution in [1.29, 1.82) is 0 Å². The second-order valence-corrected chi connectivity index (χ2v) is 6.24. The van der Waals surface area contributed by atoms with Crippen LogP contribution in [-0.4, -0.2) is 30.7 Å². The summed E-state index contributed by atoms with van der Waals surface area (Å²) in [5, 5.41) is 2.88. The molecule has 0 saturated heterocycles. The van der Waals surface area contributed by atoms with Crippen LogP contribution in [0.4, 0.5) is 0 Å². The van der Waals surface area contributed by atoms with Crippen LogP contribution >= 0.6 is 0 Å². The number of dihydropyridines is 1. The quantitative estimate of drug-likeness (QED) is 0.909. The number of nitrogens with zero attached hydrogens (tertiary/aromatic N) is 1. The average molecular weight is 346 g/mol. The van der Waals surface area contributed by atoms with E-state index in [9.17, 15) is 9.59 Å². The molecule has 2 aromatic carbocycles. The van der Waals surface area contributed by atoms with E-state index in [1.807, 2.05) is 48.5 Å². The van der Waals surface area contributed by atoms with E-state index in [-0.39, 0.29) is 18.3 Å². The first-order chi connectivity index (χ1) is 12.7. The molecule has 1 N–H and O–H groups in total. The maximum atomic E-state index is 12.9. The Labute approximate surface area is 151 Å². The number of carbonyl (C=O) groups excluding carboxylic acids is 2. The Morgan fingerprint density at radius 3 is 2.42 bits per heavy atom. The lowest BCUT2D eigenvalue weighted by molar-refractivity contribution is -0.117. The zero-order valence-corrected chi connectivity index (χ0v) is 14.1. The first-order valence-electron chi connectivity index (χ1n) is 8.57. The van der Waals surface area contributed by atoms with Gasteiger partial charge in [0.05, 0.1) is 13.2 Å². The van der Waals surface area contributed by atoms with Gasteiger partial charge in [0, 0.05) is 16.7 Å². The third kappa shape index (κ3) is 3.09. The number of amides is 1. The number of benzene rings is 2. The molecule has 26 heavy (non-hydrogen) atoms. The molecule has 0 saturated carbocycles. The lowest BCUT2D eigenvalue weighted by atomic mass is 9.88. The smallest absolute Gasteiger partial charge is 0.256 e. The van der Waals surface area contributed by atoms with Gasteiger partial charge in [-0.25, -0.2) is 0 Å². The molecule has 1 amide bonds. The average Bonchev–Trinajstić information content (AvgIpc) is 2.71. The van der Waals surface area contributed by atoms with Crippen LogP contribution in [0.1, 0.15) is 28.4 Å². The van der Waals surface area contributed by atoms with Gasteiger partial charge in [-0.1, -0.05) is 48.5 Å². The van der Waals surface area contributed by atoms with E-state index in [4.69, 9.17) is 4.74 Å². The van der Waals surface area contributed by atoms with E-state index in [2.05, 4.69) is 10.3 Å². The molecule has 2 aliphatic rings. The van der Waals surface area contributed by atoms with Gasteiger partial charge in [0.1, 0.15) is 11.9 Å². The first kappa shape index (κ1) is 16.4. The number of carbonyl (C=O) groups is 2. The van der Waals surface area contributed by atoms with E-state index in [0.29, 0.717) is 35.6 Å². The van der Waals surface area contributed by atoms with Gasteiger partial charge < -0.3 is 10.1 Å². The van der Waals surface area contributed by atoms with Gasteiger partial charge in [0.2, 0.25) is 0 Å². The minimum absolute atomic E-state index is 0.00721. The SMILES string of the molecule is O=C(NC1=NC(c2ccccc2)C(=O)C2=C1COCC2)c1ccccc1. The van der Waals surface area contributed by atoms with Crippen molar-refractivity contribution >= 4 is 17.5 Å². The standard InChI is InChI=1S/C21H18N2O3/c24-19-16-11-12-26-13-17(16)20(22-18(19)14-7-3-1-4-8-14)23-21(25)15-9-5-2-6-10-15/h1-10,18H,11-13H2,(H,22,23,25). The van der Waals surface area contributed by atoms with Gasteiger partial charge in [0.15, 0.2) is 5.78 Å². The summed E-state index contributed by atoms with van der Waals surface area (Å²) in [6.07, 6.45) is 0.539. The number of hydrogen-bond acceptors (Lipinski definition) is 4. The van der Waals surface area contributed by atoms with Crippen molar-refractivity contribution in [1.82, 2.24) is 5.32 Å². The van der Waals surface area contributed by atoms with E-state index >= 15 is 0 Å². The number of amidine groups is 1. The van der Waals surface area contributed by atoms with Crippen molar-refractivity contribution in [2.75, 3.05) is 13.2 Å². The molecule has 0 radical (unpaired) electrons. The molecule has 5 nitrogen and oxygen atoms in total. The summed E-state index contributed by atoms with van der Waals surface area (Å²) in [5.41, 5.74) is 2.77. The van der Waals surface area contributed by atoms with Crippen molar-refractivity contribution in [3.8, 4) is 0 Å². The second kappa shape index (κ2) is 7.06. The van der Waals surface area contributed by atoms with Gasteiger partial charge in [-0.05, 0) is 24.1 Å². The third-order valence-corrected chi connectivity index (χ3v) is 4.58. The van der Waals surface area contributed by atoms with Gasteiger partial charge in [0.25, 0.3) is 5.91 Å². The Kier molecular flexibility index (Phi) is 4.46. The maximum Gasteiger partial charge on any atom is 0.256 e. The fourth-order valence-corrected chi connectivity index (χ4v) is 3.24. The highest BCUT2D eigenvalue weighted by molar-refractivity contribution is 6.19. The highest BCUT2D eigenvalue weighted by Crippen LogP contribution is 2.32. The van der Waals surface area contributed by atoms with Crippen molar-refractivity contribution < 1.29 is 14.3 Å². The molecule has 1 unspecified atom stereocenters. The van der Waals surface area contributed by atoms with Gasteiger partial charge in [-0.15, -0.1) is 0 Å². The maximum absolute atomic E-state index is 12.9. The summed E-state index contributed by atoms with van der Waals surface area (Å²) in [7, 11) is 0. The number of nitrogens with one attached hydrogen (secondary N) is 1. The van der Waals surface area contributed by atoms with Crippen molar-refractivity contribution in [3.63, 3.8) is 0 Å². The Morgan fingerprint density at radius 2 is 1.69 bits per heavy atom. The van der Waals surface area contributed by atoms with Crippen molar-refractivity contribution in [2.45, 2.75) is 12.5 Å². The predicted molar refractivity (Wildman–Crippen MR) is 98.0 cm³/mol. The summed E-state index contributed by atoms with van der Waals surface area (Å²) < 4.78 is 5.50. The fraction of sp³-hybridized carbons (Fsp3) is 0.190. The fourth-order valence-electron chi connectivity index (χ4n) is 3.24. The van der Waals surface area contributed by atoms with Crippen LogP contribution < -0.4 is 5.32 Å². The predicted octanol–water partition coefficient (Wildman–Crippen LogP) is 2.86. The normalized spacial score (nSPS) is 19.6. The lowest BCUT2D eigenvalue weighted by Gasteiger charge is -2.28. The lowest BCUT2D eigenvalue weighted by Crippen LogP contribution is -2.39. The van der Waals surface area contributed by atoms with Gasteiger partial charge >= 0.3 is 0 Å². The second-order valence-electron chi connectivity index (χ2n) is 6.24. The number of ether oxygens (including phenoxy) is 1. The summed E-state index contributed by atoms with van der Waals surface area (Å²) in [6.45, 7) is 0.794. The van der Waals surface area contributed by atoms with Crippen molar-refractivity contribution in [2.24, 2.45) is 4.99 Å². The Morgan fingerprint density at radius 1 is 1.00 bits per heavy atom. The molecular formula is C21H18N2O3. The number of hydrogen-bond donors (Lipinski definition) is 1. The Hall–Kier alpha value is -3.05. The topological polar surface area (TPSA) is 67.8 Å². The van der Waals surface area contributed by atoms with Gasteiger partial charge in [-0.3, -0.25) is 14.6 Å². The van der Waals surface area contributed by atoms with Crippen LogP contribution in [0.2, 0.25) is 0 Å². The van der Waals surface area contributed by atoms with E-state index in [1.54, 1.807) is 12.1 Å². The minimum atomic E-state index is -0.626. The molecule has 0 aromatic heterocycles. The zero-order valence-electron chi connectivity index (χ0n) is 14.1. The van der Waals surface area contributed by atoms with Crippen LogP contribution in [0.5, 0.6) is 0 Å². The van der Waals surface area contributed by atoms with Crippen LogP contribution in [0.3, 0.4) is 0 Å². The Balaban J connectivity index is 1.70. The molecule has 5 heteroatoms. The Bertz CT molecular complexity index is 901. The molecule has 2 aromatic rings. The van der Waals surface area contributed by atoms with E-state index < -0.39 is 6.04 Å². The summed E-state index contributed by atoms with van der Waals surface area (Å²) in [4.78, 5) is 30.1. The van der Waals surface area contributed by atoms with Crippen LogP contribution in [0.15, 0.2) is 76.8 Å². The molecule has 0 fully saturated rings. The monoisotopic (exact) mass is 346 g/mol. The first-order valence-corrected chi connectivity index (χ1v) is 8.57. The molecule has 2 aliphatic heterocycles. The zero-order chi connectivity index (χ0) is 17.9. The largest absolute Gasteiger partial charge is 0.376 e. The van der Waals surface area contributed by atoms with E-state index in [1.165, 1.54) is 0 Å². The summed E-state index contributed by atoms with van der Waals surface area (Å²) in [5.74, 6) is 0.178. The molecular weight excluding hydrogens is 328 g/mol. The molecule has 2 heterocycles. The highest BCUT2D eigenvalue weighted by atomic mass is 16.5. The summed E-state index contributed by atoms with van der Waals surface area (Å²) in [6, 6.07) is 17.8. The minimum Gasteiger partial charge on any atom is -0.376 e. The number of ketones is 1.